The molecule has 0 bridgehead atoms. The largest absolute Gasteiger partial charge is 0.494 e. The van der Waals surface area contributed by atoms with Gasteiger partial charge in [-0.1, -0.05) is 18.2 Å². The van der Waals surface area contributed by atoms with E-state index in [1.54, 1.807) is 12.4 Å². The zero-order valence-electron chi connectivity index (χ0n) is 20.6. The van der Waals surface area contributed by atoms with Gasteiger partial charge in [0.05, 0.1) is 12.8 Å². The first-order chi connectivity index (χ1) is 17.2. The minimum Gasteiger partial charge on any atom is -0.494 e. The van der Waals surface area contributed by atoms with Crippen molar-refractivity contribution < 1.29 is 14.2 Å². The first kappa shape index (κ1) is 23.6. The second kappa shape index (κ2) is 11.6. The Bertz CT molecular complexity index is 1070. The minimum absolute atomic E-state index is 0.270. The topological polar surface area (TPSA) is 47.1 Å². The van der Waals surface area contributed by atoms with Crippen LogP contribution in [0.2, 0.25) is 0 Å². The van der Waals surface area contributed by atoms with Crippen molar-refractivity contribution >= 4 is 0 Å². The van der Waals surface area contributed by atoms with E-state index in [1.165, 1.54) is 16.7 Å². The van der Waals surface area contributed by atoms with Gasteiger partial charge in [-0.25, -0.2) is 0 Å². The lowest BCUT2D eigenvalue weighted by atomic mass is 10.0. The fourth-order valence-corrected chi connectivity index (χ4v) is 4.90. The lowest BCUT2D eigenvalue weighted by molar-refractivity contribution is 0.0965. The molecule has 0 spiro atoms. The highest BCUT2D eigenvalue weighted by Gasteiger charge is 2.22. The molecule has 0 saturated carbocycles. The summed E-state index contributed by atoms with van der Waals surface area (Å²) in [6.45, 7) is 9.20. The quantitative estimate of drug-likeness (QED) is 0.463. The van der Waals surface area contributed by atoms with Crippen LogP contribution in [-0.2, 0) is 19.6 Å². The average molecular weight is 474 g/mol. The number of likely N-dealkylation sites (tertiary alicyclic amines) is 1. The van der Waals surface area contributed by atoms with Gasteiger partial charge in [-0.05, 0) is 67.3 Å². The van der Waals surface area contributed by atoms with Gasteiger partial charge in [0.15, 0.2) is 0 Å². The van der Waals surface area contributed by atoms with E-state index in [4.69, 9.17) is 14.2 Å². The summed E-state index contributed by atoms with van der Waals surface area (Å²) in [7, 11) is 0. The first-order valence-corrected chi connectivity index (χ1v) is 12.7. The molecule has 2 aromatic carbocycles. The van der Waals surface area contributed by atoms with Crippen LogP contribution in [-0.4, -0.2) is 53.7 Å². The van der Waals surface area contributed by atoms with E-state index in [0.29, 0.717) is 13.2 Å². The van der Waals surface area contributed by atoms with Crippen molar-refractivity contribution in [1.29, 1.82) is 0 Å². The molecule has 1 fully saturated rings. The zero-order valence-corrected chi connectivity index (χ0v) is 20.6. The van der Waals surface area contributed by atoms with Crippen molar-refractivity contribution in [3.8, 4) is 17.2 Å². The van der Waals surface area contributed by atoms with E-state index >= 15 is 0 Å². The van der Waals surface area contributed by atoms with Crippen LogP contribution in [0, 0.1) is 0 Å². The molecule has 0 radical (unpaired) electrons. The Kier molecular flexibility index (Phi) is 7.81. The normalized spacial score (nSPS) is 17.3. The number of nitrogens with zero attached hydrogens (tertiary/aromatic N) is 3. The van der Waals surface area contributed by atoms with Gasteiger partial charge in [-0.3, -0.25) is 14.8 Å². The molecule has 1 aromatic heterocycles. The summed E-state index contributed by atoms with van der Waals surface area (Å²) >= 11 is 0. The standard InChI is InChI=1S/C29H35N3O3/c1-2-33-26-8-5-23(6-9-26)20-32-16-17-34-29-10-7-24(18-25(29)22-32)21-31-14-11-27(12-15-31)35-28-4-3-13-30-19-28/h3-10,13,18-19,27H,2,11-12,14-17,20-22H2,1H3. The Balaban J connectivity index is 1.16. The lowest BCUT2D eigenvalue weighted by Crippen LogP contribution is -2.37. The number of hydrogen-bond acceptors (Lipinski definition) is 6. The van der Waals surface area contributed by atoms with Gasteiger partial charge in [-0.2, -0.15) is 0 Å². The number of benzene rings is 2. The molecule has 0 amide bonds. The number of ether oxygens (including phenoxy) is 3. The Morgan fingerprint density at radius 1 is 0.914 bits per heavy atom. The van der Waals surface area contributed by atoms with Crippen LogP contribution in [0.3, 0.4) is 0 Å². The fraction of sp³-hybridized carbons (Fsp3) is 0.414. The van der Waals surface area contributed by atoms with Crippen LogP contribution in [0.1, 0.15) is 36.5 Å². The number of pyridine rings is 1. The zero-order chi connectivity index (χ0) is 23.9. The Labute approximate surface area is 208 Å². The van der Waals surface area contributed by atoms with Crippen LogP contribution in [0.5, 0.6) is 17.2 Å². The molecule has 6 nitrogen and oxygen atoms in total. The molecule has 6 heteroatoms. The third-order valence-electron chi connectivity index (χ3n) is 6.70. The van der Waals surface area contributed by atoms with Crippen molar-refractivity contribution in [2.75, 3.05) is 32.8 Å². The van der Waals surface area contributed by atoms with Crippen LogP contribution >= 0.6 is 0 Å². The maximum atomic E-state index is 6.10. The molecule has 35 heavy (non-hydrogen) atoms. The summed E-state index contributed by atoms with van der Waals surface area (Å²) < 4.78 is 17.8. The molecular weight excluding hydrogens is 438 g/mol. The predicted molar refractivity (Wildman–Crippen MR) is 137 cm³/mol. The molecule has 0 atom stereocenters. The maximum absolute atomic E-state index is 6.10. The third-order valence-corrected chi connectivity index (χ3v) is 6.70. The number of rotatable bonds is 8. The second-order valence-corrected chi connectivity index (χ2v) is 9.36. The monoisotopic (exact) mass is 473 g/mol. The maximum Gasteiger partial charge on any atom is 0.137 e. The summed E-state index contributed by atoms with van der Waals surface area (Å²) in [5, 5.41) is 0. The molecule has 2 aliphatic heterocycles. The number of piperidine rings is 1. The van der Waals surface area contributed by atoms with E-state index in [1.807, 2.05) is 19.1 Å². The molecule has 3 aromatic rings. The highest BCUT2D eigenvalue weighted by Crippen LogP contribution is 2.27. The summed E-state index contributed by atoms with van der Waals surface area (Å²) in [5.74, 6) is 2.82. The Hall–Kier alpha value is -3.09. The van der Waals surface area contributed by atoms with E-state index in [2.05, 4.69) is 57.2 Å². The van der Waals surface area contributed by atoms with E-state index in [9.17, 15) is 0 Å². The second-order valence-electron chi connectivity index (χ2n) is 9.36. The van der Waals surface area contributed by atoms with Crippen LogP contribution < -0.4 is 14.2 Å². The van der Waals surface area contributed by atoms with Crippen molar-refractivity contribution in [2.24, 2.45) is 0 Å². The van der Waals surface area contributed by atoms with E-state index in [-0.39, 0.29) is 6.10 Å². The Morgan fingerprint density at radius 2 is 1.71 bits per heavy atom. The smallest absolute Gasteiger partial charge is 0.137 e. The lowest BCUT2D eigenvalue weighted by Gasteiger charge is -2.32. The van der Waals surface area contributed by atoms with E-state index in [0.717, 1.165) is 69.4 Å². The van der Waals surface area contributed by atoms with E-state index < -0.39 is 0 Å². The molecule has 0 unspecified atom stereocenters. The number of fused-ring (bicyclic) bond motifs is 1. The molecule has 5 rings (SSSR count). The molecular formula is C29H35N3O3. The summed E-state index contributed by atoms with van der Waals surface area (Å²) in [4.78, 5) is 9.14. The van der Waals surface area contributed by atoms with Gasteiger partial charge in [0, 0.05) is 51.0 Å². The van der Waals surface area contributed by atoms with Crippen molar-refractivity contribution in [3.63, 3.8) is 0 Å². The van der Waals surface area contributed by atoms with Crippen molar-refractivity contribution in [2.45, 2.75) is 45.5 Å². The highest BCUT2D eigenvalue weighted by atomic mass is 16.5. The third kappa shape index (κ3) is 6.53. The van der Waals surface area contributed by atoms with Crippen molar-refractivity contribution in [3.05, 3.63) is 83.7 Å². The van der Waals surface area contributed by atoms with Gasteiger partial charge < -0.3 is 14.2 Å². The summed E-state index contributed by atoms with van der Waals surface area (Å²) in [6, 6.07) is 19.1. The molecule has 0 N–H and O–H groups in total. The fourth-order valence-electron chi connectivity index (χ4n) is 4.90. The highest BCUT2D eigenvalue weighted by molar-refractivity contribution is 5.38. The van der Waals surface area contributed by atoms with Gasteiger partial charge in [0.1, 0.15) is 30.0 Å². The van der Waals surface area contributed by atoms with Gasteiger partial charge >= 0.3 is 0 Å². The summed E-state index contributed by atoms with van der Waals surface area (Å²) in [5.41, 5.74) is 3.92. The number of aromatic nitrogens is 1. The summed E-state index contributed by atoms with van der Waals surface area (Å²) in [6.07, 6.45) is 5.92. The van der Waals surface area contributed by atoms with Crippen LogP contribution in [0.15, 0.2) is 67.0 Å². The molecule has 0 aliphatic carbocycles. The molecule has 184 valence electrons. The van der Waals surface area contributed by atoms with Gasteiger partial charge in [0.2, 0.25) is 0 Å². The average Bonchev–Trinajstić information content (AvgIpc) is 3.08. The predicted octanol–water partition coefficient (Wildman–Crippen LogP) is 4.92. The number of hydrogen-bond donors (Lipinski definition) is 0. The molecule has 2 aliphatic rings. The van der Waals surface area contributed by atoms with Gasteiger partial charge in [-0.15, -0.1) is 0 Å². The first-order valence-electron chi connectivity index (χ1n) is 12.7. The molecule has 1 saturated heterocycles. The molecule has 3 heterocycles. The van der Waals surface area contributed by atoms with Crippen LogP contribution in [0.4, 0.5) is 0 Å². The van der Waals surface area contributed by atoms with Crippen LogP contribution in [0.25, 0.3) is 0 Å². The van der Waals surface area contributed by atoms with Gasteiger partial charge in [0.25, 0.3) is 0 Å². The van der Waals surface area contributed by atoms with Crippen molar-refractivity contribution in [1.82, 2.24) is 14.8 Å². The Morgan fingerprint density at radius 3 is 2.49 bits per heavy atom. The minimum atomic E-state index is 0.270. The SMILES string of the molecule is CCOc1ccc(CN2CCOc3ccc(CN4CCC(Oc5cccnc5)CC4)cc3C2)cc1.